The predicted octanol–water partition coefficient (Wildman–Crippen LogP) is 2.11. The molecule has 0 aliphatic carbocycles. The Hall–Kier alpha value is -1.56. The molecule has 1 aromatic rings. The number of rotatable bonds is 3. The van der Waals surface area contributed by atoms with Gasteiger partial charge in [0.05, 0.1) is 6.04 Å². The van der Waals surface area contributed by atoms with Gasteiger partial charge in [-0.1, -0.05) is 6.92 Å². The Morgan fingerprint density at radius 3 is 2.53 bits per heavy atom. The molecule has 1 saturated heterocycles. The lowest BCUT2D eigenvalue weighted by molar-refractivity contribution is -0.129. The third kappa shape index (κ3) is 2.45. The fraction of sp³-hybridized carbons (Fsp3) is 0.462. The molecule has 1 fully saturated rings. The van der Waals surface area contributed by atoms with Gasteiger partial charge in [0.2, 0.25) is 5.91 Å². The van der Waals surface area contributed by atoms with E-state index in [-0.39, 0.29) is 17.9 Å². The van der Waals surface area contributed by atoms with Gasteiger partial charge in [-0.25, -0.2) is 13.2 Å². The molecule has 0 radical (unpaired) electrons. The van der Waals surface area contributed by atoms with E-state index in [1.165, 1.54) is 4.90 Å². The lowest BCUT2D eigenvalue weighted by Crippen LogP contribution is -2.34. The minimum absolute atomic E-state index is 0.0642. The van der Waals surface area contributed by atoms with Crippen LogP contribution < -0.4 is 5.73 Å². The quantitative estimate of drug-likeness (QED) is 0.857. The Labute approximate surface area is 109 Å². The first-order chi connectivity index (χ1) is 8.95. The van der Waals surface area contributed by atoms with E-state index in [9.17, 15) is 18.0 Å². The second-order valence-electron chi connectivity index (χ2n) is 4.69. The zero-order chi connectivity index (χ0) is 14.2. The molecule has 2 atom stereocenters. The summed E-state index contributed by atoms with van der Waals surface area (Å²) in [5.41, 5.74) is 5.77. The van der Waals surface area contributed by atoms with Gasteiger partial charge < -0.3 is 10.6 Å². The second kappa shape index (κ2) is 5.21. The summed E-state index contributed by atoms with van der Waals surface area (Å²) in [4.78, 5) is 13.2. The maximum atomic E-state index is 13.8. The molecule has 1 aliphatic rings. The Bertz CT molecular complexity index is 507. The van der Waals surface area contributed by atoms with E-state index in [0.717, 1.165) is 6.07 Å². The number of nitrogens with zero attached hydrogens (tertiary/aromatic N) is 1. The minimum atomic E-state index is -1.25. The Morgan fingerprint density at radius 1 is 1.26 bits per heavy atom. The Kier molecular flexibility index (Phi) is 3.80. The Balaban J connectivity index is 2.43. The molecule has 19 heavy (non-hydrogen) atoms. The van der Waals surface area contributed by atoms with Crippen LogP contribution in [-0.4, -0.2) is 23.4 Å². The van der Waals surface area contributed by atoms with Gasteiger partial charge in [-0.05, 0) is 12.5 Å². The van der Waals surface area contributed by atoms with Crippen molar-refractivity contribution in [1.82, 2.24) is 4.90 Å². The summed E-state index contributed by atoms with van der Waals surface area (Å²) in [6, 6.07) is -0.0678. The molecule has 2 rings (SSSR count). The molecule has 0 saturated carbocycles. The molecule has 104 valence electrons. The summed E-state index contributed by atoms with van der Waals surface area (Å²) in [6.45, 7) is 2.28. The highest BCUT2D eigenvalue weighted by Gasteiger charge is 2.39. The van der Waals surface area contributed by atoms with Crippen LogP contribution in [0, 0.1) is 17.5 Å². The molecule has 2 unspecified atom stereocenters. The van der Waals surface area contributed by atoms with Crippen molar-refractivity contribution in [1.29, 1.82) is 0 Å². The molecule has 6 heteroatoms. The number of halogens is 3. The van der Waals surface area contributed by atoms with Crippen molar-refractivity contribution in [2.75, 3.05) is 6.54 Å². The highest BCUT2D eigenvalue weighted by molar-refractivity contribution is 5.80. The minimum Gasteiger partial charge on any atom is -0.334 e. The van der Waals surface area contributed by atoms with Crippen LogP contribution in [0.5, 0.6) is 0 Å². The number of benzene rings is 1. The summed E-state index contributed by atoms with van der Waals surface area (Å²) in [5, 5.41) is 0. The van der Waals surface area contributed by atoms with Gasteiger partial charge in [-0.3, -0.25) is 4.79 Å². The molecular weight excluding hydrogens is 257 g/mol. The Morgan fingerprint density at radius 2 is 1.89 bits per heavy atom. The summed E-state index contributed by atoms with van der Waals surface area (Å²) < 4.78 is 40.0. The normalized spacial score (nSPS) is 23.2. The number of carbonyl (C=O) groups excluding carboxylic acids is 1. The zero-order valence-electron chi connectivity index (χ0n) is 10.5. The summed E-state index contributed by atoms with van der Waals surface area (Å²) in [7, 11) is 0. The number of carbonyl (C=O) groups is 1. The van der Waals surface area contributed by atoms with Crippen molar-refractivity contribution in [3.8, 4) is 0 Å². The maximum Gasteiger partial charge on any atom is 0.224 e. The second-order valence-corrected chi connectivity index (χ2v) is 4.69. The summed E-state index contributed by atoms with van der Waals surface area (Å²) in [5.74, 6) is -3.46. The van der Waals surface area contributed by atoms with Crippen LogP contribution in [0.15, 0.2) is 12.1 Å². The van der Waals surface area contributed by atoms with E-state index >= 15 is 0 Å². The number of hydrogen-bond acceptors (Lipinski definition) is 2. The number of hydrogen-bond donors (Lipinski definition) is 1. The van der Waals surface area contributed by atoms with E-state index < -0.39 is 29.5 Å². The lowest BCUT2D eigenvalue weighted by Gasteiger charge is -2.27. The molecule has 1 amide bonds. The highest BCUT2D eigenvalue weighted by Crippen LogP contribution is 2.34. The van der Waals surface area contributed by atoms with E-state index in [0.29, 0.717) is 19.0 Å². The van der Waals surface area contributed by atoms with Crippen LogP contribution in [0.25, 0.3) is 0 Å². The van der Waals surface area contributed by atoms with Gasteiger partial charge >= 0.3 is 0 Å². The van der Waals surface area contributed by atoms with Crippen LogP contribution in [0.3, 0.4) is 0 Å². The van der Waals surface area contributed by atoms with Crippen molar-refractivity contribution in [3.05, 3.63) is 35.1 Å². The monoisotopic (exact) mass is 272 g/mol. The van der Waals surface area contributed by atoms with Crippen LogP contribution in [0.2, 0.25) is 0 Å². The molecule has 1 aromatic carbocycles. The summed E-state index contributed by atoms with van der Waals surface area (Å²) in [6.07, 6.45) is 0.767. The van der Waals surface area contributed by atoms with Gasteiger partial charge in [-0.2, -0.15) is 0 Å². The molecular formula is C13H15F3N2O. The average molecular weight is 272 g/mol. The first-order valence-corrected chi connectivity index (χ1v) is 6.15. The van der Waals surface area contributed by atoms with Crippen LogP contribution in [0.1, 0.15) is 31.4 Å². The van der Waals surface area contributed by atoms with Gasteiger partial charge in [0.25, 0.3) is 0 Å². The van der Waals surface area contributed by atoms with Crippen LogP contribution in [-0.2, 0) is 4.79 Å². The van der Waals surface area contributed by atoms with Crippen LogP contribution >= 0.6 is 0 Å². The van der Waals surface area contributed by atoms with E-state index in [2.05, 4.69) is 0 Å². The third-order valence-corrected chi connectivity index (χ3v) is 3.29. The van der Waals surface area contributed by atoms with Crippen molar-refractivity contribution < 1.29 is 18.0 Å². The van der Waals surface area contributed by atoms with Crippen molar-refractivity contribution in [2.45, 2.75) is 31.8 Å². The lowest BCUT2D eigenvalue weighted by atomic mass is 9.99. The first-order valence-electron chi connectivity index (χ1n) is 6.15. The van der Waals surface area contributed by atoms with Gasteiger partial charge in [-0.15, -0.1) is 0 Å². The molecule has 2 N–H and O–H groups in total. The zero-order valence-corrected chi connectivity index (χ0v) is 10.5. The third-order valence-electron chi connectivity index (χ3n) is 3.29. The fourth-order valence-electron chi connectivity index (χ4n) is 2.48. The van der Waals surface area contributed by atoms with E-state index in [1.54, 1.807) is 0 Å². The SMILES string of the molecule is CCCN1C(=O)CC(N)C1c1cc(F)c(F)cc1F. The average Bonchev–Trinajstić information content (AvgIpc) is 2.60. The molecule has 0 spiro atoms. The van der Waals surface area contributed by atoms with Crippen molar-refractivity contribution >= 4 is 5.91 Å². The number of likely N-dealkylation sites (tertiary alicyclic amines) is 1. The van der Waals surface area contributed by atoms with E-state index in [1.807, 2.05) is 6.92 Å². The molecule has 1 aliphatic heterocycles. The van der Waals surface area contributed by atoms with Gasteiger partial charge in [0.1, 0.15) is 5.82 Å². The molecule has 0 bridgehead atoms. The standard InChI is InChI=1S/C13H15F3N2O/c1-2-3-18-12(19)6-11(17)13(18)7-4-9(15)10(16)5-8(7)14/h4-5,11,13H,2-3,6,17H2,1H3. The smallest absolute Gasteiger partial charge is 0.224 e. The van der Waals surface area contributed by atoms with Gasteiger partial charge in [0.15, 0.2) is 11.6 Å². The highest BCUT2D eigenvalue weighted by atomic mass is 19.2. The largest absolute Gasteiger partial charge is 0.334 e. The molecule has 3 nitrogen and oxygen atoms in total. The van der Waals surface area contributed by atoms with Gasteiger partial charge in [0, 0.05) is 30.6 Å². The number of nitrogens with two attached hydrogens (primary N) is 1. The van der Waals surface area contributed by atoms with E-state index in [4.69, 9.17) is 5.73 Å². The molecule has 0 aromatic heterocycles. The van der Waals surface area contributed by atoms with Crippen molar-refractivity contribution in [2.24, 2.45) is 5.73 Å². The molecule has 1 heterocycles. The topological polar surface area (TPSA) is 46.3 Å². The number of amides is 1. The van der Waals surface area contributed by atoms with Crippen LogP contribution in [0.4, 0.5) is 13.2 Å². The maximum absolute atomic E-state index is 13.8. The van der Waals surface area contributed by atoms with Crippen molar-refractivity contribution in [3.63, 3.8) is 0 Å². The summed E-state index contributed by atoms with van der Waals surface area (Å²) >= 11 is 0. The fourth-order valence-corrected chi connectivity index (χ4v) is 2.48. The predicted molar refractivity (Wildman–Crippen MR) is 63.7 cm³/mol. The first kappa shape index (κ1) is 13.9.